The van der Waals surface area contributed by atoms with Gasteiger partial charge < -0.3 is 24.6 Å². The first-order chi connectivity index (χ1) is 23.8. The summed E-state index contributed by atoms with van der Waals surface area (Å²) in [6.45, 7) is 1.83. The molecule has 0 saturated carbocycles. The summed E-state index contributed by atoms with van der Waals surface area (Å²) in [4.78, 5) is 50.5. The molecule has 0 bridgehead atoms. The number of fused-ring (bicyclic) bond motifs is 2. The smallest absolute Gasteiger partial charge is 0.490 e. The molecule has 2 aliphatic rings. The molecule has 0 atom stereocenters. The summed E-state index contributed by atoms with van der Waals surface area (Å²) in [6, 6.07) is 5.85. The Morgan fingerprint density at radius 2 is 1.75 bits per heavy atom. The SMILES string of the molecule is O=C(C1=NC=CCC1=[N+]1CCn2cnnc2C1)c1cc(Cc2c[nH]c(=O)c3cc(Cl)c(Cl)n23)ccc1F.O=C(O)C(F)(F)F.O=C([O-])C(F)(F)F. The fourth-order valence-electron chi connectivity index (χ4n) is 4.74. The number of Topliss-reactive ketones (excluding diaryl/α,β-unsaturated/α-hetero) is 1. The van der Waals surface area contributed by atoms with Crippen LogP contribution in [-0.4, -0.2) is 81.9 Å². The number of allylic oxidation sites excluding steroid dienone is 1. The quantitative estimate of drug-likeness (QED) is 0.180. The van der Waals surface area contributed by atoms with E-state index in [1.54, 1.807) is 23.0 Å². The summed E-state index contributed by atoms with van der Waals surface area (Å²) in [5, 5.41) is 24.5. The number of aliphatic carboxylic acids is 2. The number of carboxylic acid groups (broad SMARTS) is 2. The average molecular weight is 766 g/mol. The molecule has 51 heavy (non-hydrogen) atoms. The van der Waals surface area contributed by atoms with E-state index in [0.717, 1.165) is 11.5 Å². The molecule has 2 aliphatic heterocycles. The zero-order chi connectivity index (χ0) is 37.8. The van der Waals surface area contributed by atoms with E-state index >= 15 is 0 Å². The molecule has 0 unspecified atom stereocenters. The van der Waals surface area contributed by atoms with Gasteiger partial charge >= 0.3 is 18.3 Å². The maximum absolute atomic E-state index is 15.0. The van der Waals surface area contributed by atoms with Crippen LogP contribution in [0.5, 0.6) is 0 Å². The zero-order valence-corrected chi connectivity index (χ0v) is 26.7. The van der Waals surface area contributed by atoms with Gasteiger partial charge in [-0.15, -0.1) is 10.2 Å². The molecular formula is C29H20Cl2F7N7O6. The lowest BCUT2D eigenvalue weighted by Crippen LogP contribution is -2.38. The van der Waals surface area contributed by atoms with E-state index < -0.39 is 35.9 Å². The highest BCUT2D eigenvalue weighted by Gasteiger charge is 2.38. The third-order valence-electron chi connectivity index (χ3n) is 7.05. The number of benzene rings is 1. The van der Waals surface area contributed by atoms with Crippen LogP contribution in [0.4, 0.5) is 30.7 Å². The molecule has 0 spiro atoms. The van der Waals surface area contributed by atoms with E-state index in [1.165, 1.54) is 24.4 Å². The molecule has 6 rings (SSSR count). The van der Waals surface area contributed by atoms with Crippen LogP contribution in [-0.2, 0) is 29.1 Å². The van der Waals surface area contributed by atoms with Gasteiger partial charge in [0.25, 0.3) is 5.56 Å². The molecule has 2 N–H and O–H groups in total. The van der Waals surface area contributed by atoms with Crippen molar-refractivity contribution in [1.29, 1.82) is 0 Å². The minimum atomic E-state index is -5.19. The number of hydrogen-bond acceptors (Lipinski definition) is 8. The predicted molar refractivity (Wildman–Crippen MR) is 161 cm³/mol. The van der Waals surface area contributed by atoms with Crippen LogP contribution in [0.3, 0.4) is 0 Å². The molecule has 4 aromatic rings. The number of nitrogens with zero attached hydrogens (tertiary/aromatic N) is 6. The summed E-state index contributed by atoms with van der Waals surface area (Å²) in [7, 11) is 0. The molecule has 0 radical (unpaired) electrons. The molecule has 270 valence electrons. The summed E-state index contributed by atoms with van der Waals surface area (Å²) in [5.41, 5.74) is 2.08. The number of carboxylic acids is 2. The number of hydrogen-bond donors (Lipinski definition) is 2. The molecule has 22 heteroatoms. The highest BCUT2D eigenvalue weighted by Crippen LogP contribution is 2.27. The first-order valence-corrected chi connectivity index (χ1v) is 14.7. The Balaban J connectivity index is 0.000000353. The molecule has 0 aliphatic carbocycles. The lowest BCUT2D eigenvalue weighted by molar-refractivity contribution is -0.552. The van der Waals surface area contributed by atoms with Gasteiger partial charge in [-0.2, -0.15) is 26.3 Å². The normalized spacial score (nSPS) is 15.6. The van der Waals surface area contributed by atoms with Crippen molar-refractivity contribution >= 4 is 57.9 Å². The average Bonchev–Trinajstić information content (AvgIpc) is 3.66. The summed E-state index contributed by atoms with van der Waals surface area (Å²) in [6.07, 6.45) is -2.86. The number of nitrogens with one attached hydrogen (secondary N) is 1. The second-order valence-electron chi connectivity index (χ2n) is 10.4. The molecule has 0 saturated heterocycles. The molecule has 13 nitrogen and oxygen atoms in total. The number of H-pyrrole nitrogens is 1. The van der Waals surface area contributed by atoms with Crippen LogP contribution in [0.25, 0.3) is 5.52 Å². The predicted octanol–water partition coefficient (Wildman–Crippen LogP) is 3.40. The second kappa shape index (κ2) is 15.3. The van der Waals surface area contributed by atoms with Gasteiger partial charge in [0.05, 0.1) is 23.6 Å². The summed E-state index contributed by atoms with van der Waals surface area (Å²) in [5.74, 6) is -6.11. The van der Waals surface area contributed by atoms with Crippen molar-refractivity contribution in [1.82, 2.24) is 24.1 Å². The fraction of sp³-hybridized carbons (Fsp3) is 0.241. The zero-order valence-electron chi connectivity index (χ0n) is 25.2. The minimum absolute atomic E-state index is 0.0819. The van der Waals surface area contributed by atoms with E-state index in [4.69, 9.17) is 43.0 Å². The number of aromatic nitrogens is 5. The molecule has 0 amide bonds. The van der Waals surface area contributed by atoms with Gasteiger partial charge in [-0.05, 0) is 23.8 Å². The van der Waals surface area contributed by atoms with Crippen LogP contribution >= 0.6 is 23.2 Å². The Morgan fingerprint density at radius 1 is 1.08 bits per heavy atom. The Kier molecular flexibility index (Phi) is 11.5. The maximum Gasteiger partial charge on any atom is 0.490 e. The van der Waals surface area contributed by atoms with E-state index in [-0.39, 0.29) is 33.4 Å². The molecule has 3 aromatic heterocycles. The Bertz CT molecular complexity index is 2140. The first kappa shape index (κ1) is 38.4. The standard InChI is InChI=1S/C25H18Cl2FN7O2.2C2HF3O2/c26-17-10-20-25(37)30-11-15(35(20)24(17)27)8-14-3-4-18(28)16(9-14)23(36)22-19(2-1-5-29-22)33-6-7-34-13-31-32-21(34)12-33;2*3-2(4,5)1(6)7/h1,3-5,9-11,13H,2,6-8,12H2;2*(H,6,7). The lowest BCUT2D eigenvalue weighted by atomic mass is 9.96. The van der Waals surface area contributed by atoms with Crippen molar-refractivity contribution in [3.05, 3.63) is 98.1 Å². The van der Waals surface area contributed by atoms with Crippen LogP contribution in [0.1, 0.15) is 33.9 Å². The van der Waals surface area contributed by atoms with Crippen molar-refractivity contribution in [2.24, 2.45) is 4.99 Å². The third kappa shape index (κ3) is 9.06. The largest absolute Gasteiger partial charge is 0.542 e. The Hall–Kier alpha value is -5.37. The van der Waals surface area contributed by atoms with Gasteiger partial charge in [0.2, 0.25) is 18.0 Å². The molecular weight excluding hydrogens is 746 g/mol. The lowest BCUT2D eigenvalue weighted by Gasteiger charge is -2.17. The topological polar surface area (TPSA) is 178 Å². The van der Waals surface area contributed by atoms with Crippen molar-refractivity contribution in [2.75, 3.05) is 6.54 Å². The van der Waals surface area contributed by atoms with Gasteiger partial charge in [0, 0.05) is 24.5 Å². The summed E-state index contributed by atoms with van der Waals surface area (Å²) < 4.78 is 83.8. The van der Waals surface area contributed by atoms with E-state index in [1.807, 2.05) is 15.2 Å². The highest BCUT2D eigenvalue weighted by molar-refractivity contribution is 6.69. The number of ketones is 1. The van der Waals surface area contributed by atoms with Gasteiger partial charge in [-0.1, -0.05) is 35.3 Å². The first-order valence-electron chi connectivity index (χ1n) is 14.0. The van der Waals surface area contributed by atoms with Crippen molar-refractivity contribution in [3.63, 3.8) is 0 Å². The van der Waals surface area contributed by atoms with Crippen molar-refractivity contribution in [3.8, 4) is 0 Å². The Morgan fingerprint density at radius 3 is 2.37 bits per heavy atom. The number of halogens is 9. The summed E-state index contributed by atoms with van der Waals surface area (Å²) >= 11 is 12.5. The van der Waals surface area contributed by atoms with Crippen molar-refractivity contribution < 1.29 is 59.9 Å². The minimum Gasteiger partial charge on any atom is -0.542 e. The van der Waals surface area contributed by atoms with Crippen LogP contribution < -0.4 is 10.7 Å². The van der Waals surface area contributed by atoms with E-state index in [9.17, 15) is 40.3 Å². The maximum atomic E-state index is 15.0. The number of carbonyl (C=O) groups is 3. The molecule has 0 fully saturated rings. The van der Waals surface area contributed by atoms with Gasteiger partial charge in [-0.3, -0.25) is 14.0 Å². The van der Waals surface area contributed by atoms with Crippen molar-refractivity contribution in [2.45, 2.75) is 38.3 Å². The number of alkyl halides is 6. The molecule has 1 aromatic carbocycles. The van der Waals surface area contributed by atoms with E-state index in [0.29, 0.717) is 42.8 Å². The van der Waals surface area contributed by atoms with E-state index in [2.05, 4.69) is 20.2 Å². The van der Waals surface area contributed by atoms with Gasteiger partial charge in [0.15, 0.2) is 18.1 Å². The van der Waals surface area contributed by atoms with Crippen LogP contribution in [0.15, 0.2) is 58.9 Å². The number of rotatable bonds is 4. The van der Waals surface area contributed by atoms with Crippen LogP contribution in [0.2, 0.25) is 10.2 Å². The monoisotopic (exact) mass is 765 g/mol. The fourth-order valence-corrected chi connectivity index (χ4v) is 5.19. The molecule has 5 heterocycles. The third-order valence-corrected chi connectivity index (χ3v) is 7.81. The van der Waals surface area contributed by atoms with Gasteiger partial charge in [0.1, 0.15) is 28.8 Å². The van der Waals surface area contributed by atoms with Crippen LogP contribution in [0, 0.1) is 5.82 Å². The number of aromatic amines is 1. The van der Waals surface area contributed by atoms with Gasteiger partial charge in [-0.25, -0.2) is 18.8 Å². The Labute approximate surface area is 289 Å². The number of aliphatic imine (C=N–C) groups is 1. The number of carbonyl (C=O) groups excluding carboxylic acids is 2. The second-order valence-corrected chi connectivity index (χ2v) is 11.2. The highest BCUT2D eigenvalue weighted by atomic mass is 35.5.